The number of aliphatic hydroxyl groups is 1. The Labute approximate surface area is 110 Å². The Morgan fingerprint density at radius 1 is 1.17 bits per heavy atom. The summed E-state index contributed by atoms with van der Waals surface area (Å²) in [6.07, 6.45) is 1.11. The van der Waals surface area contributed by atoms with Gasteiger partial charge < -0.3 is 9.84 Å². The average molecular weight is 251 g/mol. The molecular weight excluding hydrogens is 226 g/mol. The molecule has 0 spiro atoms. The largest absolute Gasteiger partial charge is 0.496 e. The molecule has 0 heterocycles. The molecule has 102 valence electrons. The van der Waals surface area contributed by atoms with Crippen LogP contribution >= 0.6 is 0 Å². The van der Waals surface area contributed by atoms with E-state index in [0.717, 1.165) is 31.8 Å². The lowest BCUT2D eigenvalue weighted by Crippen LogP contribution is -2.27. The molecule has 0 radical (unpaired) electrons. The zero-order valence-corrected chi connectivity index (χ0v) is 12.0. The molecule has 0 aliphatic carbocycles. The molecule has 1 aromatic rings. The van der Waals surface area contributed by atoms with Gasteiger partial charge in [0, 0.05) is 13.1 Å². The van der Waals surface area contributed by atoms with Gasteiger partial charge in [-0.05, 0) is 43.5 Å². The Balaban J connectivity index is 2.83. The fraction of sp³-hybridized carbons (Fsp3) is 0.600. The molecule has 0 bridgehead atoms. The van der Waals surface area contributed by atoms with Crippen molar-refractivity contribution in [1.29, 1.82) is 0 Å². The van der Waals surface area contributed by atoms with Crippen LogP contribution in [0.5, 0.6) is 5.75 Å². The van der Waals surface area contributed by atoms with Crippen LogP contribution in [0, 0.1) is 13.8 Å². The highest BCUT2D eigenvalue weighted by atomic mass is 16.5. The molecule has 0 saturated heterocycles. The van der Waals surface area contributed by atoms with Gasteiger partial charge >= 0.3 is 0 Å². The second-order valence-corrected chi connectivity index (χ2v) is 4.76. The number of hydrogen-bond acceptors (Lipinski definition) is 3. The lowest BCUT2D eigenvalue weighted by atomic mass is 10.1. The third kappa shape index (κ3) is 4.00. The van der Waals surface area contributed by atoms with Gasteiger partial charge in [0.25, 0.3) is 0 Å². The number of nitrogens with zero attached hydrogens (tertiary/aromatic N) is 1. The minimum Gasteiger partial charge on any atom is -0.496 e. The zero-order valence-electron chi connectivity index (χ0n) is 12.0. The molecule has 0 aliphatic heterocycles. The van der Waals surface area contributed by atoms with Crippen LogP contribution in [0.25, 0.3) is 0 Å². The maximum Gasteiger partial charge on any atom is 0.124 e. The summed E-state index contributed by atoms with van der Waals surface area (Å²) in [5, 5.41) is 9.07. The van der Waals surface area contributed by atoms with Crippen LogP contribution in [-0.2, 0) is 6.54 Å². The molecule has 0 fully saturated rings. The van der Waals surface area contributed by atoms with E-state index in [1.54, 1.807) is 7.11 Å². The molecule has 0 aliphatic rings. The highest BCUT2D eigenvalue weighted by Gasteiger charge is 2.08. The first-order chi connectivity index (χ1) is 8.62. The zero-order chi connectivity index (χ0) is 13.5. The van der Waals surface area contributed by atoms with E-state index in [2.05, 4.69) is 37.8 Å². The number of methoxy groups -OCH3 is 1. The summed E-state index contributed by atoms with van der Waals surface area (Å²) in [4.78, 5) is 2.28. The molecule has 0 aromatic heterocycles. The van der Waals surface area contributed by atoms with Crippen molar-refractivity contribution in [2.24, 2.45) is 0 Å². The maximum atomic E-state index is 9.07. The summed E-state index contributed by atoms with van der Waals surface area (Å²) in [5.74, 6) is 0.975. The van der Waals surface area contributed by atoms with Crippen molar-refractivity contribution in [3.8, 4) is 5.75 Å². The SMILES string of the molecule is CCCN(CCO)Cc1cc(C)c(OC)c(C)c1. The summed E-state index contributed by atoms with van der Waals surface area (Å²) < 4.78 is 5.38. The van der Waals surface area contributed by atoms with Gasteiger partial charge in [-0.1, -0.05) is 19.1 Å². The first kappa shape index (κ1) is 15.0. The maximum absolute atomic E-state index is 9.07. The molecule has 1 N–H and O–H groups in total. The van der Waals surface area contributed by atoms with E-state index in [4.69, 9.17) is 9.84 Å². The molecule has 3 heteroatoms. The summed E-state index contributed by atoms with van der Waals surface area (Å²) in [6.45, 7) is 9.17. The summed E-state index contributed by atoms with van der Waals surface area (Å²) >= 11 is 0. The van der Waals surface area contributed by atoms with Crippen LogP contribution in [0.15, 0.2) is 12.1 Å². The molecule has 1 rings (SSSR count). The quantitative estimate of drug-likeness (QED) is 0.808. The Kier molecular flexibility index (Phi) is 6.16. The third-order valence-electron chi connectivity index (χ3n) is 3.09. The molecule has 1 aromatic carbocycles. The number of aryl methyl sites for hydroxylation is 2. The molecule has 0 saturated carbocycles. The Morgan fingerprint density at radius 2 is 1.78 bits per heavy atom. The van der Waals surface area contributed by atoms with Crippen molar-refractivity contribution in [3.05, 3.63) is 28.8 Å². The van der Waals surface area contributed by atoms with Crippen LogP contribution in [0.4, 0.5) is 0 Å². The van der Waals surface area contributed by atoms with Gasteiger partial charge in [0.15, 0.2) is 0 Å². The normalized spacial score (nSPS) is 11.0. The molecule has 18 heavy (non-hydrogen) atoms. The first-order valence-electron chi connectivity index (χ1n) is 6.59. The predicted molar refractivity (Wildman–Crippen MR) is 75.1 cm³/mol. The molecule has 0 atom stereocenters. The fourth-order valence-corrected chi connectivity index (χ4v) is 2.44. The van der Waals surface area contributed by atoms with Crippen molar-refractivity contribution in [2.45, 2.75) is 33.7 Å². The van der Waals surface area contributed by atoms with Gasteiger partial charge in [0.2, 0.25) is 0 Å². The van der Waals surface area contributed by atoms with Crippen molar-refractivity contribution in [2.75, 3.05) is 26.8 Å². The number of hydrogen-bond donors (Lipinski definition) is 1. The van der Waals surface area contributed by atoms with E-state index in [1.165, 1.54) is 16.7 Å². The van der Waals surface area contributed by atoms with Crippen LogP contribution in [0.1, 0.15) is 30.0 Å². The third-order valence-corrected chi connectivity index (χ3v) is 3.09. The van der Waals surface area contributed by atoms with E-state index in [9.17, 15) is 0 Å². The fourth-order valence-electron chi connectivity index (χ4n) is 2.44. The highest BCUT2D eigenvalue weighted by molar-refractivity contribution is 5.43. The van der Waals surface area contributed by atoms with E-state index < -0.39 is 0 Å². The molecule has 3 nitrogen and oxygen atoms in total. The van der Waals surface area contributed by atoms with Gasteiger partial charge in [0.1, 0.15) is 5.75 Å². The Hall–Kier alpha value is -1.06. The lowest BCUT2D eigenvalue weighted by molar-refractivity contribution is 0.190. The Morgan fingerprint density at radius 3 is 2.22 bits per heavy atom. The van der Waals surface area contributed by atoms with Crippen molar-refractivity contribution in [3.63, 3.8) is 0 Å². The van der Waals surface area contributed by atoms with Crippen LogP contribution in [0.2, 0.25) is 0 Å². The van der Waals surface area contributed by atoms with Gasteiger partial charge in [-0.25, -0.2) is 0 Å². The Bertz CT molecular complexity index is 348. The number of ether oxygens (including phenoxy) is 1. The minimum atomic E-state index is 0.216. The lowest BCUT2D eigenvalue weighted by Gasteiger charge is -2.21. The monoisotopic (exact) mass is 251 g/mol. The second kappa shape index (κ2) is 7.39. The molecular formula is C15H25NO2. The van der Waals surface area contributed by atoms with Crippen LogP contribution in [-0.4, -0.2) is 36.8 Å². The van der Waals surface area contributed by atoms with Crippen molar-refractivity contribution < 1.29 is 9.84 Å². The second-order valence-electron chi connectivity index (χ2n) is 4.76. The summed E-state index contributed by atoms with van der Waals surface area (Å²) in [6, 6.07) is 4.34. The number of rotatable bonds is 7. The van der Waals surface area contributed by atoms with Gasteiger partial charge in [0.05, 0.1) is 13.7 Å². The predicted octanol–water partition coefficient (Wildman–Crippen LogP) is 2.52. The van der Waals surface area contributed by atoms with E-state index in [0.29, 0.717) is 0 Å². The topological polar surface area (TPSA) is 32.7 Å². The molecule has 0 unspecified atom stereocenters. The summed E-state index contributed by atoms with van der Waals surface area (Å²) in [5.41, 5.74) is 3.63. The van der Waals surface area contributed by atoms with Gasteiger partial charge in [-0.15, -0.1) is 0 Å². The standard InChI is InChI=1S/C15H25NO2/c1-5-6-16(7-8-17)11-14-9-12(2)15(18-4)13(3)10-14/h9-10,17H,5-8,11H2,1-4H3. The van der Waals surface area contributed by atoms with E-state index >= 15 is 0 Å². The van der Waals surface area contributed by atoms with E-state index in [1.807, 2.05) is 0 Å². The summed E-state index contributed by atoms with van der Waals surface area (Å²) in [7, 11) is 1.71. The molecule has 0 amide bonds. The van der Waals surface area contributed by atoms with E-state index in [-0.39, 0.29) is 6.61 Å². The average Bonchev–Trinajstić information content (AvgIpc) is 2.29. The highest BCUT2D eigenvalue weighted by Crippen LogP contribution is 2.24. The first-order valence-corrected chi connectivity index (χ1v) is 6.59. The number of benzene rings is 1. The van der Waals surface area contributed by atoms with Crippen LogP contribution in [0.3, 0.4) is 0 Å². The van der Waals surface area contributed by atoms with Crippen molar-refractivity contribution in [1.82, 2.24) is 4.90 Å². The van der Waals surface area contributed by atoms with Crippen molar-refractivity contribution >= 4 is 0 Å². The minimum absolute atomic E-state index is 0.216. The van der Waals surface area contributed by atoms with Gasteiger partial charge in [-0.2, -0.15) is 0 Å². The van der Waals surface area contributed by atoms with Gasteiger partial charge in [-0.3, -0.25) is 4.90 Å². The number of aliphatic hydroxyl groups excluding tert-OH is 1. The van der Waals surface area contributed by atoms with Crippen LogP contribution < -0.4 is 4.74 Å². The smallest absolute Gasteiger partial charge is 0.124 e.